The summed E-state index contributed by atoms with van der Waals surface area (Å²) in [6.07, 6.45) is 11.9. The number of hydrogen-bond acceptors (Lipinski definition) is 7. The van der Waals surface area contributed by atoms with E-state index in [0.717, 1.165) is 16.5 Å². The summed E-state index contributed by atoms with van der Waals surface area (Å²) < 4.78 is 17.9. The van der Waals surface area contributed by atoms with Crippen LogP contribution in [0, 0.1) is 5.82 Å². The van der Waals surface area contributed by atoms with E-state index in [1.807, 2.05) is 18.4 Å². The third-order valence-electron chi connectivity index (χ3n) is 5.78. The highest BCUT2D eigenvalue weighted by Gasteiger charge is 2.17. The van der Waals surface area contributed by atoms with Gasteiger partial charge in [-0.05, 0) is 41.6 Å². The van der Waals surface area contributed by atoms with Gasteiger partial charge in [0.05, 0.1) is 40.8 Å². The molecule has 5 heterocycles. The predicted octanol–water partition coefficient (Wildman–Crippen LogP) is 4.46. The Hall–Kier alpha value is -4.48. The van der Waals surface area contributed by atoms with Gasteiger partial charge in [-0.15, -0.1) is 0 Å². The minimum absolute atomic E-state index is 0.339. The topological polar surface area (TPSA) is 121 Å². The zero-order valence-corrected chi connectivity index (χ0v) is 20.7. The van der Waals surface area contributed by atoms with Crippen LogP contribution in [0.1, 0.15) is 5.56 Å². The van der Waals surface area contributed by atoms with Crippen molar-refractivity contribution in [3.8, 4) is 34.0 Å². The maximum Gasteiger partial charge on any atom is 0.159 e. The van der Waals surface area contributed by atoms with Crippen LogP contribution in [0.5, 0.6) is 0 Å². The van der Waals surface area contributed by atoms with Crippen LogP contribution in [0.25, 0.3) is 56.0 Å². The van der Waals surface area contributed by atoms with Gasteiger partial charge in [0.15, 0.2) is 5.82 Å². The molecule has 0 spiro atoms. The largest absolute Gasteiger partial charge is 0.335 e. The van der Waals surface area contributed by atoms with Crippen LogP contribution in [0.4, 0.5) is 4.39 Å². The summed E-state index contributed by atoms with van der Waals surface area (Å²) >= 11 is 0. The van der Waals surface area contributed by atoms with E-state index in [0.29, 0.717) is 51.6 Å². The Morgan fingerprint density at radius 3 is 2.65 bits per heavy atom. The first-order valence-electron chi connectivity index (χ1n) is 11.3. The van der Waals surface area contributed by atoms with Gasteiger partial charge >= 0.3 is 0 Å². The first-order valence-corrected chi connectivity index (χ1v) is 13.7. The monoisotopic (exact) mass is 511 g/mol. The van der Waals surface area contributed by atoms with E-state index in [2.05, 4.69) is 51.6 Å². The number of aromatic nitrogens is 8. The second kappa shape index (κ2) is 8.87. The van der Waals surface area contributed by atoms with Crippen molar-refractivity contribution in [2.24, 2.45) is 0 Å². The van der Waals surface area contributed by atoms with Gasteiger partial charge in [0.2, 0.25) is 0 Å². The summed E-state index contributed by atoms with van der Waals surface area (Å²) in [5, 5.41) is 8.32. The van der Waals surface area contributed by atoms with E-state index in [4.69, 9.17) is 4.98 Å². The Bertz CT molecular complexity index is 1880. The zero-order chi connectivity index (χ0) is 25.6. The maximum atomic E-state index is 14.6. The van der Waals surface area contributed by atoms with Crippen molar-refractivity contribution in [2.75, 3.05) is 6.26 Å². The quantitative estimate of drug-likeness (QED) is 0.282. The fraction of sp³-hybridized carbons (Fsp3) is 0.0769. The first-order chi connectivity index (χ1) is 17.8. The molecule has 11 heteroatoms. The molecule has 9 nitrogen and oxygen atoms in total. The minimum atomic E-state index is -1.43. The summed E-state index contributed by atoms with van der Waals surface area (Å²) in [5.74, 6) is 8.27. The molecule has 0 aliphatic heterocycles. The third-order valence-corrected chi connectivity index (χ3v) is 6.63. The number of nitrogens with one attached hydrogen (secondary N) is 3. The number of pyridine rings is 2. The number of H-pyrrole nitrogens is 2. The predicted molar refractivity (Wildman–Crippen MR) is 148 cm³/mol. The molecule has 0 fully saturated rings. The number of fused-ring (bicyclic) bond motifs is 2. The van der Waals surface area contributed by atoms with Crippen molar-refractivity contribution in [3.05, 3.63) is 72.8 Å². The Balaban J connectivity index is 1.44. The molecular weight excluding hydrogens is 489 g/mol. The molecule has 0 amide bonds. The Labute approximate surface area is 211 Å². The average molecular weight is 512 g/mol. The Morgan fingerprint density at radius 2 is 1.84 bits per heavy atom. The van der Waals surface area contributed by atoms with Crippen molar-refractivity contribution < 1.29 is 4.39 Å². The van der Waals surface area contributed by atoms with Crippen molar-refractivity contribution in [3.63, 3.8) is 0 Å². The van der Waals surface area contributed by atoms with Crippen LogP contribution in [0.2, 0.25) is 0 Å². The fourth-order valence-corrected chi connectivity index (χ4v) is 4.61. The van der Waals surface area contributed by atoms with E-state index in [1.54, 1.807) is 37.2 Å². The van der Waals surface area contributed by atoms with E-state index >= 15 is 0 Å². The molecule has 0 aliphatic rings. The van der Waals surface area contributed by atoms with Gasteiger partial charge in [0, 0.05) is 36.1 Å². The van der Waals surface area contributed by atoms with Gasteiger partial charge < -0.3 is 4.98 Å². The smallest absolute Gasteiger partial charge is 0.159 e. The van der Waals surface area contributed by atoms with Gasteiger partial charge in [-0.1, -0.05) is 11.7 Å². The third kappa shape index (κ3) is 4.57. The molecule has 37 heavy (non-hydrogen) atoms. The summed E-state index contributed by atoms with van der Waals surface area (Å²) in [6.45, 7) is 0.459. The van der Waals surface area contributed by atoms with Crippen molar-refractivity contribution in [1.29, 1.82) is 0 Å². The molecule has 6 aromatic rings. The molecule has 0 unspecified atom stereocenters. The van der Waals surface area contributed by atoms with Crippen LogP contribution in [0.15, 0.2) is 61.4 Å². The number of imidazole rings is 1. The molecular formula is C26H22FN9S. The molecule has 1 aromatic carbocycles. The molecule has 0 saturated carbocycles. The van der Waals surface area contributed by atoms with Crippen LogP contribution < -0.4 is 4.72 Å². The standard InChI is InChI=1S/C26H22FN9S/c1-37(2,3)32-10-15-6-16(8-17(27)7-15)19-11-29-13-23-24(19)34-26(33-23)25-18-9-20(22-12-28-4-5-30-22)31-14-21(18)35-36-25/h4-9,11-14,32H,1-2,10H2,3H3,(H,33,34)(H,35,36). The lowest BCUT2D eigenvalue weighted by Gasteiger charge is -2.12. The molecule has 0 bridgehead atoms. The molecule has 3 N–H and O–H groups in total. The van der Waals surface area contributed by atoms with Gasteiger partial charge in [-0.2, -0.15) is 14.5 Å². The first kappa shape index (κ1) is 23.0. The van der Waals surface area contributed by atoms with Crippen molar-refractivity contribution in [1.82, 2.24) is 44.8 Å². The molecule has 184 valence electrons. The number of aromatic amines is 2. The van der Waals surface area contributed by atoms with Crippen molar-refractivity contribution in [2.45, 2.75) is 6.54 Å². The van der Waals surface area contributed by atoms with E-state index in [-0.39, 0.29) is 5.82 Å². The second-order valence-electron chi connectivity index (χ2n) is 8.89. The van der Waals surface area contributed by atoms with E-state index in [1.165, 1.54) is 12.1 Å². The molecule has 5 aromatic heterocycles. The van der Waals surface area contributed by atoms with Crippen LogP contribution in [-0.2, 0) is 6.54 Å². The number of nitrogens with zero attached hydrogens (tertiary/aromatic N) is 6. The van der Waals surface area contributed by atoms with Crippen molar-refractivity contribution >= 4 is 43.1 Å². The number of hydrogen-bond donors (Lipinski definition) is 3. The summed E-state index contributed by atoms with van der Waals surface area (Å²) in [7, 11) is -1.43. The highest BCUT2D eigenvalue weighted by Crippen LogP contribution is 2.32. The highest BCUT2D eigenvalue weighted by atomic mass is 32.2. The van der Waals surface area contributed by atoms with Crippen LogP contribution in [-0.4, -0.2) is 58.1 Å². The molecule has 0 aliphatic carbocycles. The zero-order valence-electron chi connectivity index (χ0n) is 19.9. The van der Waals surface area contributed by atoms with Crippen LogP contribution in [0.3, 0.4) is 0 Å². The SMILES string of the molecule is C=S(=C)(C)NCc1cc(F)cc(-c2cncc3[nH]c(-c4n[nH]c5cnc(-c6cnccn6)cc45)nc23)c1. The van der Waals surface area contributed by atoms with Gasteiger partial charge in [-0.3, -0.25) is 29.8 Å². The second-order valence-corrected chi connectivity index (χ2v) is 11.7. The van der Waals surface area contributed by atoms with E-state index in [9.17, 15) is 4.39 Å². The number of rotatable bonds is 6. The number of benzene rings is 1. The summed E-state index contributed by atoms with van der Waals surface area (Å²) in [4.78, 5) is 25.5. The molecule has 0 atom stereocenters. The maximum absolute atomic E-state index is 14.6. The van der Waals surface area contributed by atoms with Gasteiger partial charge in [-0.25, -0.2) is 9.37 Å². The summed E-state index contributed by atoms with van der Waals surface area (Å²) in [5.41, 5.74) is 6.27. The van der Waals surface area contributed by atoms with Gasteiger partial charge in [0.1, 0.15) is 17.2 Å². The Morgan fingerprint density at radius 1 is 0.946 bits per heavy atom. The van der Waals surface area contributed by atoms with Crippen LogP contribution >= 0.6 is 9.39 Å². The fourth-order valence-electron chi connectivity index (χ4n) is 4.09. The summed E-state index contributed by atoms with van der Waals surface area (Å²) in [6, 6.07) is 6.81. The normalized spacial score (nSPS) is 11.9. The lowest BCUT2D eigenvalue weighted by Crippen LogP contribution is -2.08. The number of halogens is 1. The highest BCUT2D eigenvalue weighted by molar-refractivity contribution is 8.25. The average Bonchev–Trinajstić information content (AvgIpc) is 3.51. The molecule has 0 radical (unpaired) electrons. The van der Waals surface area contributed by atoms with E-state index < -0.39 is 9.39 Å². The minimum Gasteiger partial charge on any atom is -0.335 e. The van der Waals surface area contributed by atoms with Gasteiger partial charge in [0.25, 0.3) is 0 Å². The molecule has 0 saturated heterocycles. The lowest BCUT2D eigenvalue weighted by atomic mass is 10.0. The molecule has 6 rings (SSSR count). The Kier molecular flexibility index (Phi) is 5.50. The lowest BCUT2D eigenvalue weighted by molar-refractivity contribution is 0.625.